The molecule has 5 unspecified atom stereocenters. The Morgan fingerprint density at radius 2 is 1.32 bits per heavy atom. The van der Waals surface area contributed by atoms with Gasteiger partial charge < -0.3 is 50.2 Å². The van der Waals surface area contributed by atoms with Crippen molar-refractivity contribution in [2.24, 2.45) is 0 Å². The maximum atomic E-state index is 13.0. The molecule has 1 aliphatic rings. The SMILES string of the molecule is CCCCCCCCCCCCCC[C@@H](O)[C@@H](O)[C@H](COC1OC(CO)C(O)C(O)C1O)NC(=O)CCCCCCCOCCc1cccc(C(=O)c2ccccc2)c1. The minimum atomic E-state index is -1.63. The van der Waals surface area contributed by atoms with E-state index in [4.69, 9.17) is 14.2 Å². The average molecular weight is 830 g/mol. The van der Waals surface area contributed by atoms with Crippen LogP contribution in [0.15, 0.2) is 54.6 Å². The van der Waals surface area contributed by atoms with E-state index in [-0.39, 0.29) is 24.7 Å². The van der Waals surface area contributed by atoms with E-state index in [2.05, 4.69) is 12.2 Å². The number of ketones is 1. The van der Waals surface area contributed by atoms with Gasteiger partial charge in [-0.25, -0.2) is 0 Å². The molecule has 334 valence electrons. The summed E-state index contributed by atoms with van der Waals surface area (Å²) in [6, 6.07) is 15.9. The van der Waals surface area contributed by atoms with E-state index in [1.165, 1.54) is 51.4 Å². The highest BCUT2D eigenvalue weighted by Crippen LogP contribution is 2.23. The zero-order valence-corrected chi connectivity index (χ0v) is 35.5. The van der Waals surface area contributed by atoms with Crippen molar-refractivity contribution in [2.45, 2.75) is 184 Å². The summed E-state index contributed by atoms with van der Waals surface area (Å²) in [4.78, 5) is 25.8. The Morgan fingerprint density at radius 1 is 0.712 bits per heavy atom. The molecular weight excluding hydrogens is 755 g/mol. The van der Waals surface area contributed by atoms with Gasteiger partial charge in [-0.2, -0.15) is 0 Å². The lowest BCUT2D eigenvalue weighted by atomic mass is 9.98. The first kappa shape index (κ1) is 50.6. The van der Waals surface area contributed by atoms with Crippen molar-refractivity contribution in [1.82, 2.24) is 5.32 Å². The van der Waals surface area contributed by atoms with Gasteiger partial charge in [0.05, 0.1) is 32.0 Å². The Balaban J connectivity index is 1.34. The number of amides is 1. The molecule has 12 nitrogen and oxygen atoms in total. The molecule has 0 bridgehead atoms. The third-order valence-corrected chi connectivity index (χ3v) is 11.2. The Bertz CT molecular complexity index is 1400. The van der Waals surface area contributed by atoms with Crippen molar-refractivity contribution >= 4 is 11.7 Å². The number of rotatable bonds is 33. The van der Waals surface area contributed by atoms with Crippen LogP contribution in [0.2, 0.25) is 0 Å². The van der Waals surface area contributed by atoms with Gasteiger partial charge in [0.1, 0.15) is 30.5 Å². The lowest BCUT2D eigenvalue weighted by molar-refractivity contribution is -0.303. The molecule has 0 radical (unpaired) electrons. The van der Waals surface area contributed by atoms with Crippen LogP contribution in [0.3, 0.4) is 0 Å². The second-order valence-corrected chi connectivity index (χ2v) is 16.2. The van der Waals surface area contributed by atoms with E-state index in [0.29, 0.717) is 43.6 Å². The van der Waals surface area contributed by atoms with Crippen LogP contribution in [0.4, 0.5) is 0 Å². The molecule has 0 aliphatic carbocycles. The predicted octanol–water partition coefficient (Wildman–Crippen LogP) is 5.93. The molecule has 1 amide bonds. The molecule has 0 aromatic heterocycles. The molecule has 1 aliphatic heterocycles. The highest BCUT2D eigenvalue weighted by molar-refractivity contribution is 6.09. The van der Waals surface area contributed by atoms with Crippen molar-refractivity contribution in [3.05, 3.63) is 71.3 Å². The Kier molecular flexibility index (Phi) is 26.0. The average Bonchev–Trinajstić information content (AvgIpc) is 3.25. The summed E-state index contributed by atoms with van der Waals surface area (Å²) in [5.41, 5.74) is 2.38. The molecule has 1 saturated heterocycles. The molecule has 59 heavy (non-hydrogen) atoms. The van der Waals surface area contributed by atoms with Crippen LogP contribution in [0.25, 0.3) is 0 Å². The standard InChI is InChI=1S/C47H75NO11/c1-2-3-4-5-6-7-8-9-10-11-13-19-27-39(50)43(53)38(34-58-47-46(56)45(55)44(54)40(33-49)59-47)48-41(51)28-20-14-12-15-21-30-57-31-29-35-23-22-26-37(32-35)42(52)36-24-17-16-18-25-36/h16-18,22-26,32,38-40,43-47,49-50,53-56H,2-15,19-21,27-31,33-34H2,1H3,(H,48,51)/t38-,39+,40?,43-,44?,45?,46?,47?/m0/s1. The molecule has 2 aromatic carbocycles. The predicted molar refractivity (Wildman–Crippen MR) is 228 cm³/mol. The van der Waals surface area contributed by atoms with Gasteiger partial charge in [-0.15, -0.1) is 0 Å². The van der Waals surface area contributed by atoms with E-state index in [9.17, 15) is 40.2 Å². The first-order chi connectivity index (χ1) is 28.7. The third-order valence-electron chi connectivity index (χ3n) is 11.2. The Hall–Kier alpha value is -2.78. The van der Waals surface area contributed by atoms with E-state index < -0.39 is 55.6 Å². The molecule has 12 heteroatoms. The van der Waals surface area contributed by atoms with Crippen LogP contribution in [-0.4, -0.2) is 118 Å². The fraction of sp³-hybridized carbons (Fsp3) is 0.702. The quantitative estimate of drug-likeness (QED) is 0.0333. The first-order valence-electron chi connectivity index (χ1n) is 22.5. The topological polar surface area (TPSA) is 195 Å². The van der Waals surface area contributed by atoms with E-state index >= 15 is 0 Å². The van der Waals surface area contributed by atoms with Crippen molar-refractivity contribution in [3.8, 4) is 0 Å². The minimum absolute atomic E-state index is 0.00289. The van der Waals surface area contributed by atoms with Gasteiger partial charge in [-0.05, 0) is 37.3 Å². The number of hydrogen-bond acceptors (Lipinski definition) is 11. The molecule has 0 spiro atoms. The molecule has 0 saturated carbocycles. The summed E-state index contributed by atoms with van der Waals surface area (Å²) in [5.74, 6) is -0.315. The van der Waals surface area contributed by atoms with Gasteiger partial charge >= 0.3 is 0 Å². The van der Waals surface area contributed by atoms with E-state index in [1.54, 1.807) is 0 Å². The van der Waals surface area contributed by atoms with Crippen LogP contribution >= 0.6 is 0 Å². The summed E-state index contributed by atoms with van der Waals surface area (Å²) in [7, 11) is 0. The van der Waals surface area contributed by atoms with Gasteiger partial charge in [0.25, 0.3) is 0 Å². The number of carbonyl (C=O) groups excluding carboxylic acids is 2. The van der Waals surface area contributed by atoms with Gasteiger partial charge in [0.2, 0.25) is 5.91 Å². The highest BCUT2D eigenvalue weighted by atomic mass is 16.7. The summed E-state index contributed by atoms with van der Waals surface area (Å²) in [6.45, 7) is 2.45. The fourth-order valence-corrected chi connectivity index (χ4v) is 7.48. The third kappa shape index (κ3) is 19.6. The van der Waals surface area contributed by atoms with Gasteiger partial charge in [0.15, 0.2) is 12.1 Å². The normalized spacial score (nSPS) is 20.9. The Morgan fingerprint density at radius 3 is 1.98 bits per heavy atom. The number of unbranched alkanes of at least 4 members (excludes halogenated alkanes) is 15. The number of ether oxygens (including phenoxy) is 3. The van der Waals surface area contributed by atoms with Crippen molar-refractivity contribution in [1.29, 1.82) is 0 Å². The number of nitrogens with one attached hydrogen (secondary N) is 1. The molecule has 1 heterocycles. The van der Waals surface area contributed by atoms with E-state index in [1.807, 2.05) is 54.6 Å². The summed E-state index contributed by atoms with van der Waals surface area (Å²) < 4.78 is 17.0. The van der Waals surface area contributed by atoms with Crippen LogP contribution in [0.5, 0.6) is 0 Å². The lowest BCUT2D eigenvalue weighted by Gasteiger charge is -2.40. The van der Waals surface area contributed by atoms with E-state index in [0.717, 1.165) is 56.9 Å². The number of aliphatic hydroxyl groups excluding tert-OH is 6. The molecular formula is C47H75NO11. The molecule has 7 N–H and O–H groups in total. The number of carbonyl (C=O) groups is 2. The monoisotopic (exact) mass is 830 g/mol. The maximum absolute atomic E-state index is 13.0. The second-order valence-electron chi connectivity index (χ2n) is 16.2. The van der Waals surface area contributed by atoms with Crippen LogP contribution in [0, 0.1) is 0 Å². The first-order valence-corrected chi connectivity index (χ1v) is 22.5. The number of hydrogen-bond donors (Lipinski definition) is 7. The van der Waals surface area contributed by atoms with Crippen LogP contribution in [0.1, 0.15) is 150 Å². The van der Waals surface area contributed by atoms with Crippen LogP contribution in [-0.2, 0) is 25.4 Å². The molecule has 1 fully saturated rings. The minimum Gasteiger partial charge on any atom is -0.394 e. The summed E-state index contributed by atoms with van der Waals surface area (Å²) >= 11 is 0. The zero-order chi connectivity index (χ0) is 42.7. The number of benzene rings is 2. The molecule has 2 aromatic rings. The maximum Gasteiger partial charge on any atom is 0.220 e. The molecule has 8 atom stereocenters. The Labute approximate surface area is 352 Å². The lowest BCUT2D eigenvalue weighted by Crippen LogP contribution is -2.60. The summed E-state index contributed by atoms with van der Waals surface area (Å²) in [5, 5.41) is 65.2. The van der Waals surface area contributed by atoms with Crippen molar-refractivity contribution < 1.29 is 54.4 Å². The highest BCUT2D eigenvalue weighted by Gasteiger charge is 2.44. The van der Waals surface area contributed by atoms with Gasteiger partial charge in [-0.3, -0.25) is 9.59 Å². The zero-order valence-electron chi connectivity index (χ0n) is 35.5. The number of aliphatic hydroxyl groups is 6. The second kappa shape index (κ2) is 30.3. The van der Waals surface area contributed by atoms with Gasteiger partial charge in [0, 0.05) is 24.2 Å². The smallest absolute Gasteiger partial charge is 0.220 e. The summed E-state index contributed by atoms with van der Waals surface area (Å²) in [6.07, 6.45) is 9.69. The van der Waals surface area contributed by atoms with Gasteiger partial charge in [-0.1, -0.05) is 152 Å². The van der Waals surface area contributed by atoms with Crippen molar-refractivity contribution in [2.75, 3.05) is 26.4 Å². The fourth-order valence-electron chi connectivity index (χ4n) is 7.48. The van der Waals surface area contributed by atoms with Crippen LogP contribution < -0.4 is 5.32 Å². The van der Waals surface area contributed by atoms with Crippen molar-refractivity contribution in [3.63, 3.8) is 0 Å². The largest absolute Gasteiger partial charge is 0.394 e. The molecule has 3 rings (SSSR count).